The molecule has 0 bridgehead atoms. The van der Waals surface area contributed by atoms with Crippen molar-refractivity contribution in [2.24, 2.45) is 0 Å². The van der Waals surface area contributed by atoms with Gasteiger partial charge in [0.1, 0.15) is 11.5 Å². The highest BCUT2D eigenvalue weighted by Gasteiger charge is 2.24. The highest BCUT2D eigenvalue weighted by atomic mass is 16.5. The molecule has 0 spiro atoms. The van der Waals surface area contributed by atoms with Crippen molar-refractivity contribution in [3.05, 3.63) is 182 Å². The fourth-order valence-electron chi connectivity index (χ4n) is 8.16. The van der Waals surface area contributed by atoms with Gasteiger partial charge in [-0.15, -0.1) is 0 Å². The van der Waals surface area contributed by atoms with Gasteiger partial charge in [-0.2, -0.15) is 0 Å². The van der Waals surface area contributed by atoms with Gasteiger partial charge in [0.25, 0.3) is 0 Å². The fourth-order valence-corrected chi connectivity index (χ4v) is 8.16. The quantitative estimate of drug-likeness (QED) is 0.172. The van der Waals surface area contributed by atoms with Gasteiger partial charge in [-0.25, -0.2) is 0 Å². The molecule has 0 aliphatic carbocycles. The van der Waals surface area contributed by atoms with E-state index in [0.717, 1.165) is 93.5 Å². The average molecular weight is 652 g/mol. The van der Waals surface area contributed by atoms with Crippen molar-refractivity contribution in [2.75, 3.05) is 0 Å². The minimum absolute atomic E-state index is 0.201. The lowest BCUT2D eigenvalue weighted by atomic mass is 9.86. The van der Waals surface area contributed by atoms with Crippen molar-refractivity contribution in [3.63, 3.8) is 0 Å². The van der Waals surface area contributed by atoms with Gasteiger partial charge in [0, 0.05) is 16.5 Å². The molecule has 0 radical (unpaired) electrons. The largest absolute Gasteiger partial charge is 0.455 e. The van der Waals surface area contributed by atoms with Crippen LogP contribution in [0.4, 0.5) is 0 Å². The Balaban J connectivity index is 1.07. The normalized spacial score (nSPS) is 13.5. The first-order valence-corrected chi connectivity index (χ1v) is 17.2. The van der Waals surface area contributed by atoms with Crippen LogP contribution in [0.3, 0.4) is 0 Å². The summed E-state index contributed by atoms with van der Waals surface area (Å²) in [4.78, 5) is 0. The molecule has 11 rings (SSSR count). The Labute approximate surface area is 303 Å². The van der Waals surface area contributed by atoms with E-state index < -0.39 is 6.04 Å². The SMILES string of the molecule is [2H]c1c([2H])c([2H])c(-c2ccc3ccc4c(-c5cccc(-c6ccc7cccc8c7c6Oc6ccc(-c7ccccc7)cc6-8)c5)ccc5ccc2c3c54)c([2H])c1[2H]. The van der Waals surface area contributed by atoms with Crippen molar-refractivity contribution in [2.45, 2.75) is 0 Å². The molecule has 10 aromatic carbocycles. The summed E-state index contributed by atoms with van der Waals surface area (Å²) >= 11 is 0. The van der Waals surface area contributed by atoms with Crippen LogP contribution in [0, 0.1) is 0 Å². The topological polar surface area (TPSA) is 9.23 Å². The van der Waals surface area contributed by atoms with Crippen LogP contribution < -0.4 is 4.74 Å². The number of benzene rings is 10. The highest BCUT2D eigenvalue weighted by molar-refractivity contribution is 6.27. The average Bonchev–Trinajstić information content (AvgIpc) is 3.25. The second-order valence-corrected chi connectivity index (χ2v) is 13.3. The second-order valence-electron chi connectivity index (χ2n) is 13.3. The van der Waals surface area contributed by atoms with Crippen LogP contribution in [0.15, 0.2) is 182 Å². The van der Waals surface area contributed by atoms with Crippen LogP contribution in [0.5, 0.6) is 11.5 Å². The van der Waals surface area contributed by atoms with E-state index >= 15 is 0 Å². The first-order chi connectivity index (χ1) is 27.4. The third-order valence-electron chi connectivity index (χ3n) is 10.5. The van der Waals surface area contributed by atoms with Crippen LogP contribution in [-0.4, -0.2) is 0 Å². The third-order valence-corrected chi connectivity index (χ3v) is 10.5. The van der Waals surface area contributed by atoms with Gasteiger partial charge in [0.05, 0.1) is 6.85 Å². The Morgan fingerprint density at radius 3 is 1.71 bits per heavy atom. The molecule has 1 nitrogen and oxygen atoms in total. The van der Waals surface area contributed by atoms with Crippen molar-refractivity contribution < 1.29 is 11.6 Å². The van der Waals surface area contributed by atoms with Gasteiger partial charge in [-0.1, -0.05) is 158 Å². The molecule has 1 heterocycles. The van der Waals surface area contributed by atoms with Crippen LogP contribution in [0.2, 0.25) is 0 Å². The van der Waals surface area contributed by atoms with Gasteiger partial charge in [0.15, 0.2) is 0 Å². The molecule has 1 aliphatic heterocycles. The lowest BCUT2D eigenvalue weighted by Gasteiger charge is -2.24. The number of rotatable bonds is 4. The van der Waals surface area contributed by atoms with Gasteiger partial charge in [0.2, 0.25) is 0 Å². The Morgan fingerprint density at radius 2 is 0.961 bits per heavy atom. The van der Waals surface area contributed by atoms with E-state index in [1.807, 2.05) is 24.3 Å². The summed E-state index contributed by atoms with van der Waals surface area (Å²) in [6.45, 7) is 0. The van der Waals surface area contributed by atoms with E-state index in [2.05, 4.69) is 127 Å². The lowest BCUT2D eigenvalue weighted by Crippen LogP contribution is -1.99. The molecule has 0 N–H and O–H groups in total. The van der Waals surface area contributed by atoms with Crippen molar-refractivity contribution in [1.29, 1.82) is 0 Å². The molecule has 0 atom stereocenters. The summed E-state index contributed by atoms with van der Waals surface area (Å²) in [7, 11) is 0. The molecular weight excluding hydrogens is 617 g/mol. The standard InChI is InChI=1S/C50H30O/c1-3-9-31(10-4-1)36-22-28-46-45(30-36)42-16-8-13-33-19-25-41(50(51-46)49(33)42)38-15-7-14-37(29-38)40-24-18-35-20-26-43-39(32-11-5-2-6-12-32)23-17-34-21-27-44(40)48(35)47(34)43/h1-30H/i2D,5D,6D,11D,12D. The molecule has 0 amide bonds. The first-order valence-electron chi connectivity index (χ1n) is 19.7. The van der Waals surface area contributed by atoms with E-state index in [-0.39, 0.29) is 29.7 Å². The minimum Gasteiger partial charge on any atom is -0.455 e. The summed E-state index contributed by atoms with van der Waals surface area (Å²) < 4.78 is 49.1. The summed E-state index contributed by atoms with van der Waals surface area (Å²) in [6, 6.07) is 51.4. The zero-order valence-electron chi connectivity index (χ0n) is 32.3. The molecule has 51 heavy (non-hydrogen) atoms. The number of hydrogen-bond acceptors (Lipinski definition) is 1. The molecule has 1 heteroatoms. The summed E-state index contributed by atoms with van der Waals surface area (Å²) in [5, 5.41) is 8.36. The molecule has 0 aromatic heterocycles. The van der Waals surface area contributed by atoms with Crippen LogP contribution in [0.1, 0.15) is 6.85 Å². The van der Waals surface area contributed by atoms with Gasteiger partial charge < -0.3 is 4.74 Å². The number of fused-ring (bicyclic) bond motifs is 2. The number of hydrogen-bond donors (Lipinski definition) is 0. The predicted octanol–water partition coefficient (Wildman–Crippen LogP) is 14.2. The zero-order valence-corrected chi connectivity index (χ0v) is 27.3. The zero-order chi connectivity index (χ0) is 37.8. The summed E-state index contributed by atoms with van der Waals surface area (Å²) in [5.74, 6) is 1.69. The molecule has 0 unspecified atom stereocenters. The predicted molar refractivity (Wildman–Crippen MR) is 215 cm³/mol. The smallest absolute Gasteiger partial charge is 0.143 e. The highest BCUT2D eigenvalue weighted by Crippen LogP contribution is 2.51. The monoisotopic (exact) mass is 651 g/mol. The second kappa shape index (κ2) is 10.9. The van der Waals surface area contributed by atoms with Gasteiger partial charge in [-0.05, 0) is 106 Å². The van der Waals surface area contributed by atoms with Crippen LogP contribution in [-0.2, 0) is 0 Å². The van der Waals surface area contributed by atoms with Crippen molar-refractivity contribution in [3.8, 4) is 67.1 Å². The molecule has 10 aromatic rings. The van der Waals surface area contributed by atoms with E-state index in [1.54, 1.807) is 0 Å². The Hall–Kier alpha value is -6.70. The number of ether oxygens (including phenoxy) is 1. The molecule has 0 saturated heterocycles. The molecular formula is C50H30O. The van der Waals surface area contributed by atoms with E-state index in [4.69, 9.17) is 11.6 Å². The van der Waals surface area contributed by atoms with Gasteiger partial charge in [-0.3, -0.25) is 0 Å². The minimum atomic E-state index is -0.393. The van der Waals surface area contributed by atoms with Crippen molar-refractivity contribution >= 4 is 43.1 Å². The summed E-state index contributed by atoms with van der Waals surface area (Å²) in [6.07, 6.45) is 0. The maximum Gasteiger partial charge on any atom is 0.143 e. The van der Waals surface area contributed by atoms with E-state index in [9.17, 15) is 0 Å². The lowest BCUT2D eigenvalue weighted by molar-refractivity contribution is 0.489. The third kappa shape index (κ3) is 4.28. The molecule has 0 fully saturated rings. The van der Waals surface area contributed by atoms with E-state index in [1.165, 1.54) is 5.56 Å². The first kappa shape index (κ1) is 23.6. The maximum atomic E-state index is 8.73. The summed E-state index contributed by atoms with van der Waals surface area (Å²) in [5.41, 5.74) is 9.61. The Kier molecular flexibility index (Phi) is 5.05. The molecule has 236 valence electrons. The van der Waals surface area contributed by atoms with Crippen molar-refractivity contribution in [1.82, 2.24) is 0 Å². The van der Waals surface area contributed by atoms with E-state index in [0.29, 0.717) is 5.56 Å². The Morgan fingerprint density at radius 1 is 0.353 bits per heavy atom. The molecule has 1 aliphatic rings. The van der Waals surface area contributed by atoms with Crippen LogP contribution >= 0.6 is 0 Å². The van der Waals surface area contributed by atoms with Gasteiger partial charge >= 0.3 is 0 Å². The molecule has 0 saturated carbocycles. The maximum absolute atomic E-state index is 8.73. The van der Waals surface area contributed by atoms with Crippen LogP contribution in [0.25, 0.3) is 98.7 Å². The fraction of sp³-hybridized carbons (Fsp3) is 0. The Bertz CT molecular complexity index is 3250.